The van der Waals surface area contributed by atoms with Crippen LogP contribution in [0.1, 0.15) is 6.92 Å². The normalized spacial score (nSPS) is 10.2. The van der Waals surface area contributed by atoms with Crippen LogP contribution in [-0.2, 0) is 4.79 Å². The van der Waals surface area contributed by atoms with Crippen molar-refractivity contribution in [2.24, 2.45) is 0 Å². The van der Waals surface area contributed by atoms with Gasteiger partial charge in [-0.15, -0.1) is 0 Å². The van der Waals surface area contributed by atoms with Crippen molar-refractivity contribution in [1.29, 1.82) is 0 Å². The van der Waals surface area contributed by atoms with Gasteiger partial charge in [0.25, 0.3) is 0 Å². The molecule has 2 rings (SSSR count). The Hall–Kier alpha value is -2.30. The van der Waals surface area contributed by atoms with Crippen LogP contribution in [0.2, 0.25) is 0 Å². The number of nitrogens with one attached hydrogen (secondary N) is 1. The van der Waals surface area contributed by atoms with Gasteiger partial charge in [0.2, 0.25) is 5.91 Å². The number of anilines is 2. The summed E-state index contributed by atoms with van der Waals surface area (Å²) in [5.41, 5.74) is 7.72. The molecule has 0 spiro atoms. The number of ether oxygens (including phenoxy) is 1. The highest BCUT2D eigenvalue weighted by molar-refractivity contribution is 6.05. The van der Waals surface area contributed by atoms with Gasteiger partial charge in [0.05, 0.1) is 24.0 Å². The number of nitrogen functional groups attached to an aromatic ring is 1. The van der Waals surface area contributed by atoms with Crippen LogP contribution in [0.25, 0.3) is 10.9 Å². The van der Waals surface area contributed by atoms with Crippen molar-refractivity contribution < 1.29 is 9.53 Å². The zero-order valence-electron chi connectivity index (χ0n) is 9.65. The highest BCUT2D eigenvalue weighted by Gasteiger charge is 2.11. The summed E-state index contributed by atoms with van der Waals surface area (Å²) in [6.45, 7) is 1.44. The molecule has 0 saturated heterocycles. The Bertz CT molecular complexity index is 581. The third kappa shape index (κ3) is 1.99. The molecule has 0 bridgehead atoms. The monoisotopic (exact) mass is 231 g/mol. The molecule has 0 aliphatic carbocycles. The van der Waals surface area contributed by atoms with Crippen LogP contribution in [0.3, 0.4) is 0 Å². The molecule has 2 aromatic rings. The Labute approximate surface area is 98.6 Å². The van der Waals surface area contributed by atoms with Crippen LogP contribution < -0.4 is 15.8 Å². The fourth-order valence-electron chi connectivity index (χ4n) is 1.70. The molecular formula is C12H13N3O2. The summed E-state index contributed by atoms with van der Waals surface area (Å²) in [4.78, 5) is 15.4. The number of hydrogen-bond donors (Lipinski definition) is 2. The molecule has 17 heavy (non-hydrogen) atoms. The first-order valence-corrected chi connectivity index (χ1v) is 5.12. The first kappa shape index (κ1) is 11.2. The van der Waals surface area contributed by atoms with E-state index in [1.165, 1.54) is 14.0 Å². The summed E-state index contributed by atoms with van der Waals surface area (Å²) in [5.74, 6) is 0.359. The first-order chi connectivity index (χ1) is 8.13. The molecule has 1 amide bonds. The van der Waals surface area contributed by atoms with Gasteiger partial charge < -0.3 is 15.8 Å². The SMILES string of the molecule is COc1cc(NC(C)=O)c2ncccc2c1N. The lowest BCUT2D eigenvalue weighted by molar-refractivity contribution is -0.114. The minimum absolute atomic E-state index is 0.163. The minimum Gasteiger partial charge on any atom is -0.494 e. The second-order valence-corrected chi connectivity index (χ2v) is 3.62. The molecule has 5 nitrogen and oxygen atoms in total. The second kappa shape index (κ2) is 4.29. The topological polar surface area (TPSA) is 77.2 Å². The Morgan fingerprint density at radius 1 is 1.53 bits per heavy atom. The molecule has 0 aliphatic heterocycles. The number of pyridine rings is 1. The van der Waals surface area contributed by atoms with Gasteiger partial charge in [-0.3, -0.25) is 9.78 Å². The smallest absolute Gasteiger partial charge is 0.221 e. The largest absolute Gasteiger partial charge is 0.494 e. The number of fused-ring (bicyclic) bond motifs is 1. The highest BCUT2D eigenvalue weighted by Crippen LogP contribution is 2.34. The number of hydrogen-bond acceptors (Lipinski definition) is 4. The fourth-order valence-corrected chi connectivity index (χ4v) is 1.70. The average molecular weight is 231 g/mol. The Kier molecular flexibility index (Phi) is 2.82. The number of benzene rings is 1. The standard InChI is InChI=1S/C12H13N3O2/c1-7(16)15-9-6-10(17-2)11(13)8-4-3-5-14-12(8)9/h3-6H,13H2,1-2H3,(H,15,16). The summed E-state index contributed by atoms with van der Waals surface area (Å²) in [6, 6.07) is 5.30. The lowest BCUT2D eigenvalue weighted by atomic mass is 10.1. The number of carbonyl (C=O) groups is 1. The lowest BCUT2D eigenvalue weighted by Gasteiger charge is -2.12. The van der Waals surface area contributed by atoms with Gasteiger partial charge in [-0.05, 0) is 12.1 Å². The number of aromatic nitrogens is 1. The summed E-state index contributed by atoms with van der Waals surface area (Å²) in [7, 11) is 1.53. The van der Waals surface area contributed by atoms with E-state index in [0.29, 0.717) is 22.6 Å². The molecule has 0 atom stereocenters. The van der Waals surface area contributed by atoms with E-state index in [0.717, 1.165) is 5.39 Å². The van der Waals surface area contributed by atoms with Crippen molar-refractivity contribution in [2.45, 2.75) is 6.92 Å². The van der Waals surface area contributed by atoms with E-state index in [-0.39, 0.29) is 5.91 Å². The first-order valence-electron chi connectivity index (χ1n) is 5.12. The van der Waals surface area contributed by atoms with Crippen molar-refractivity contribution in [2.75, 3.05) is 18.2 Å². The van der Waals surface area contributed by atoms with Crippen LogP contribution in [0.4, 0.5) is 11.4 Å². The van der Waals surface area contributed by atoms with E-state index in [1.807, 2.05) is 6.07 Å². The summed E-state index contributed by atoms with van der Waals surface area (Å²) >= 11 is 0. The molecule has 0 aliphatic rings. The summed E-state index contributed by atoms with van der Waals surface area (Å²) < 4.78 is 5.17. The Morgan fingerprint density at radius 3 is 2.94 bits per heavy atom. The van der Waals surface area contributed by atoms with Crippen LogP contribution in [-0.4, -0.2) is 18.0 Å². The van der Waals surface area contributed by atoms with Gasteiger partial charge in [0, 0.05) is 24.6 Å². The van der Waals surface area contributed by atoms with Crippen molar-refractivity contribution >= 4 is 28.2 Å². The maximum Gasteiger partial charge on any atom is 0.221 e. The number of methoxy groups -OCH3 is 1. The molecular weight excluding hydrogens is 218 g/mol. The molecule has 0 fully saturated rings. The maximum atomic E-state index is 11.1. The molecule has 88 valence electrons. The second-order valence-electron chi connectivity index (χ2n) is 3.62. The van der Waals surface area contributed by atoms with Gasteiger partial charge >= 0.3 is 0 Å². The molecule has 3 N–H and O–H groups in total. The molecule has 5 heteroatoms. The van der Waals surface area contributed by atoms with Gasteiger partial charge in [-0.1, -0.05) is 0 Å². The average Bonchev–Trinajstić information content (AvgIpc) is 2.32. The Balaban J connectivity index is 2.73. The molecule has 0 unspecified atom stereocenters. The fraction of sp³-hybridized carbons (Fsp3) is 0.167. The van der Waals surface area contributed by atoms with E-state index < -0.39 is 0 Å². The molecule has 0 saturated carbocycles. The summed E-state index contributed by atoms with van der Waals surface area (Å²) in [6.07, 6.45) is 1.65. The van der Waals surface area contributed by atoms with E-state index in [4.69, 9.17) is 10.5 Å². The highest BCUT2D eigenvalue weighted by atomic mass is 16.5. The van der Waals surface area contributed by atoms with Crippen LogP contribution >= 0.6 is 0 Å². The number of rotatable bonds is 2. The van der Waals surface area contributed by atoms with E-state index in [2.05, 4.69) is 10.3 Å². The van der Waals surface area contributed by atoms with E-state index >= 15 is 0 Å². The number of amides is 1. The Morgan fingerprint density at radius 2 is 2.29 bits per heavy atom. The minimum atomic E-state index is -0.163. The molecule has 1 aromatic carbocycles. The van der Waals surface area contributed by atoms with Gasteiger partial charge in [0.1, 0.15) is 5.75 Å². The lowest BCUT2D eigenvalue weighted by Crippen LogP contribution is -2.07. The summed E-state index contributed by atoms with van der Waals surface area (Å²) in [5, 5.41) is 3.47. The number of carbonyl (C=O) groups excluding carboxylic acids is 1. The van der Waals surface area contributed by atoms with Crippen molar-refractivity contribution in [3.05, 3.63) is 24.4 Å². The zero-order valence-corrected chi connectivity index (χ0v) is 9.65. The quantitative estimate of drug-likeness (QED) is 0.772. The van der Waals surface area contributed by atoms with Crippen molar-refractivity contribution in [3.63, 3.8) is 0 Å². The molecule has 1 aromatic heterocycles. The molecule has 0 radical (unpaired) electrons. The maximum absolute atomic E-state index is 11.1. The molecule has 1 heterocycles. The van der Waals surface area contributed by atoms with Gasteiger partial charge in [-0.2, -0.15) is 0 Å². The third-order valence-corrected chi connectivity index (χ3v) is 2.42. The zero-order chi connectivity index (χ0) is 12.4. The van der Waals surface area contributed by atoms with E-state index in [1.54, 1.807) is 18.3 Å². The predicted molar refractivity (Wildman–Crippen MR) is 67.0 cm³/mol. The van der Waals surface area contributed by atoms with Gasteiger partial charge in [-0.25, -0.2) is 0 Å². The predicted octanol–water partition coefficient (Wildman–Crippen LogP) is 1.78. The van der Waals surface area contributed by atoms with Crippen LogP contribution in [0, 0.1) is 0 Å². The van der Waals surface area contributed by atoms with E-state index in [9.17, 15) is 4.79 Å². The third-order valence-electron chi connectivity index (χ3n) is 2.42. The van der Waals surface area contributed by atoms with Crippen molar-refractivity contribution in [1.82, 2.24) is 4.98 Å². The van der Waals surface area contributed by atoms with Crippen LogP contribution in [0.15, 0.2) is 24.4 Å². The number of nitrogens with zero attached hydrogens (tertiary/aromatic N) is 1. The van der Waals surface area contributed by atoms with Crippen molar-refractivity contribution in [3.8, 4) is 5.75 Å². The number of nitrogens with two attached hydrogens (primary N) is 1. The van der Waals surface area contributed by atoms with Crippen LogP contribution in [0.5, 0.6) is 5.75 Å². The van der Waals surface area contributed by atoms with Gasteiger partial charge in [0.15, 0.2) is 0 Å².